The Balaban J connectivity index is 1.51. The van der Waals surface area contributed by atoms with Gasteiger partial charge in [-0.15, -0.1) is 0 Å². The van der Waals surface area contributed by atoms with Crippen molar-refractivity contribution in [3.05, 3.63) is 0 Å². The van der Waals surface area contributed by atoms with Gasteiger partial charge >= 0.3 is 5.97 Å². The van der Waals surface area contributed by atoms with E-state index in [9.17, 15) is 17.8 Å². The third-order valence-electron chi connectivity index (χ3n) is 6.75. The monoisotopic (exact) mass is 342 g/mol. The Bertz CT molecular complexity index is 561. The molecule has 0 radical (unpaired) electrons. The molecule has 0 spiro atoms. The summed E-state index contributed by atoms with van der Waals surface area (Å²) < 4.78 is 38.4. The zero-order valence-electron chi connectivity index (χ0n) is 13.4. The maximum Gasteiger partial charge on any atom is 0.312 e. The molecule has 1 N–H and O–H groups in total. The molecular formula is C17H26O5S. The fraction of sp³-hybridized carbons (Fsp3) is 0.941. The van der Waals surface area contributed by atoms with Crippen LogP contribution in [0, 0.1) is 23.2 Å². The molecule has 5 nitrogen and oxygen atoms in total. The molecule has 0 saturated heterocycles. The molecule has 0 aromatic carbocycles. The van der Waals surface area contributed by atoms with Crippen LogP contribution in [0.1, 0.15) is 64.2 Å². The summed E-state index contributed by atoms with van der Waals surface area (Å²) in [7, 11) is -4.15. The predicted octanol–water partition coefficient (Wildman–Crippen LogP) is 2.95. The summed E-state index contributed by atoms with van der Waals surface area (Å²) in [6.45, 7) is 0. The smallest absolute Gasteiger partial charge is 0.312 e. The first kappa shape index (κ1) is 15.9. The average molecular weight is 342 g/mol. The molecule has 130 valence electrons. The topological polar surface area (TPSA) is 80.7 Å². The van der Waals surface area contributed by atoms with Crippen LogP contribution in [0.5, 0.6) is 0 Å². The number of esters is 1. The van der Waals surface area contributed by atoms with E-state index in [1.54, 1.807) is 0 Å². The number of rotatable bonds is 3. The van der Waals surface area contributed by atoms with E-state index in [1.165, 1.54) is 19.3 Å². The van der Waals surface area contributed by atoms with Crippen LogP contribution in [-0.2, 0) is 19.6 Å². The number of ether oxygens (including phenoxy) is 1. The quantitative estimate of drug-likeness (QED) is 0.630. The molecular weight excluding hydrogens is 316 g/mol. The zero-order chi connectivity index (χ0) is 16.2. The van der Waals surface area contributed by atoms with Crippen molar-refractivity contribution >= 4 is 16.1 Å². The Hall–Kier alpha value is -0.620. The fourth-order valence-corrected chi connectivity index (χ4v) is 7.20. The van der Waals surface area contributed by atoms with Crippen LogP contribution in [0.25, 0.3) is 0 Å². The zero-order valence-corrected chi connectivity index (χ0v) is 14.3. The maximum atomic E-state index is 12.9. The summed E-state index contributed by atoms with van der Waals surface area (Å²) in [4.78, 5) is 12.9. The van der Waals surface area contributed by atoms with E-state index in [2.05, 4.69) is 0 Å². The minimum absolute atomic E-state index is 0.183. The molecule has 2 unspecified atom stereocenters. The highest BCUT2D eigenvalue weighted by Crippen LogP contribution is 2.60. The van der Waals surface area contributed by atoms with Crippen LogP contribution >= 0.6 is 0 Å². The third-order valence-corrected chi connectivity index (χ3v) is 8.06. The van der Waals surface area contributed by atoms with E-state index < -0.39 is 21.5 Å². The summed E-state index contributed by atoms with van der Waals surface area (Å²) in [5, 5.41) is -0.936. The summed E-state index contributed by atoms with van der Waals surface area (Å²) in [5.74, 6) is 1.77. The van der Waals surface area contributed by atoms with Gasteiger partial charge in [0.05, 0.1) is 5.41 Å². The van der Waals surface area contributed by atoms with Gasteiger partial charge in [0, 0.05) is 0 Å². The van der Waals surface area contributed by atoms with Gasteiger partial charge < -0.3 is 4.74 Å². The summed E-state index contributed by atoms with van der Waals surface area (Å²) in [5.41, 5.74) is -0.365. The number of carbonyl (C=O) groups excluding carboxylic acids is 1. The molecule has 0 aromatic heterocycles. The maximum absolute atomic E-state index is 12.9. The van der Waals surface area contributed by atoms with Crippen LogP contribution in [0.15, 0.2) is 0 Å². The molecule has 2 atom stereocenters. The molecule has 0 aromatic rings. The van der Waals surface area contributed by atoms with Gasteiger partial charge in [0.25, 0.3) is 10.1 Å². The van der Waals surface area contributed by atoms with Crippen LogP contribution in [-0.4, -0.2) is 30.3 Å². The Morgan fingerprint density at radius 2 is 1.48 bits per heavy atom. The first-order chi connectivity index (χ1) is 10.9. The number of hydrogen-bond donors (Lipinski definition) is 1. The molecule has 5 aliphatic carbocycles. The van der Waals surface area contributed by atoms with Crippen molar-refractivity contribution in [3.63, 3.8) is 0 Å². The lowest BCUT2D eigenvalue weighted by Gasteiger charge is -2.55. The molecule has 0 heterocycles. The van der Waals surface area contributed by atoms with Crippen molar-refractivity contribution in [1.82, 2.24) is 0 Å². The molecule has 5 aliphatic rings. The van der Waals surface area contributed by atoms with Gasteiger partial charge in [0.1, 0.15) is 11.4 Å². The second-order valence-corrected chi connectivity index (χ2v) is 10.1. The SMILES string of the molecule is O=C(OC1CCCCC1S(=O)(=O)O)C12CC3CC(CC(C3)C1)C2. The van der Waals surface area contributed by atoms with Crippen LogP contribution in [0.3, 0.4) is 0 Å². The standard InChI is InChI=1S/C17H26O5S/c18-16(22-14-3-1-2-4-15(14)23(19,20)21)17-8-11-5-12(9-17)7-13(6-11)10-17/h11-15H,1-10H2,(H,19,20,21). The lowest BCUT2D eigenvalue weighted by molar-refractivity contribution is -0.178. The van der Waals surface area contributed by atoms with Crippen molar-refractivity contribution in [2.24, 2.45) is 23.2 Å². The highest BCUT2D eigenvalue weighted by Gasteiger charge is 2.56. The minimum atomic E-state index is -4.15. The van der Waals surface area contributed by atoms with Crippen molar-refractivity contribution in [1.29, 1.82) is 0 Å². The number of carbonyl (C=O) groups is 1. The molecule has 5 saturated carbocycles. The Kier molecular flexibility index (Phi) is 3.76. The highest BCUT2D eigenvalue weighted by atomic mass is 32.2. The second-order valence-electron chi connectivity index (χ2n) is 8.48. The molecule has 0 amide bonds. The second kappa shape index (κ2) is 5.45. The van der Waals surface area contributed by atoms with Crippen molar-refractivity contribution in [3.8, 4) is 0 Å². The van der Waals surface area contributed by atoms with Gasteiger partial charge in [-0.1, -0.05) is 6.42 Å². The van der Waals surface area contributed by atoms with Crippen LogP contribution in [0.4, 0.5) is 0 Å². The van der Waals surface area contributed by atoms with E-state index in [1.807, 2.05) is 0 Å². The molecule has 4 bridgehead atoms. The van der Waals surface area contributed by atoms with E-state index in [0.29, 0.717) is 30.6 Å². The summed E-state index contributed by atoms with van der Waals surface area (Å²) in [6.07, 6.45) is 8.39. The highest BCUT2D eigenvalue weighted by molar-refractivity contribution is 7.86. The van der Waals surface area contributed by atoms with Gasteiger partial charge in [-0.25, -0.2) is 0 Å². The molecule has 23 heavy (non-hydrogen) atoms. The van der Waals surface area contributed by atoms with Gasteiger partial charge in [-0.3, -0.25) is 9.35 Å². The first-order valence-electron chi connectivity index (χ1n) is 9.03. The van der Waals surface area contributed by atoms with E-state index in [0.717, 1.165) is 32.1 Å². The number of hydrogen-bond acceptors (Lipinski definition) is 4. The molecule has 5 rings (SSSR count). The first-order valence-corrected chi connectivity index (χ1v) is 10.5. The molecule has 6 heteroatoms. The third kappa shape index (κ3) is 2.82. The lowest BCUT2D eigenvalue weighted by Crippen LogP contribution is -2.52. The van der Waals surface area contributed by atoms with E-state index in [4.69, 9.17) is 4.74 Å². The largest absolute Gasteiger partial charge is 0.460 e. The van der Waals surface area contributed by atoms with Gasteiger partial charge in [-0.05, 0) is 75.5 Å². The summed E-state index contributed by atoms with van der Waals surface area (Å²) in [6, 6.07) is 0. The Morgan fingerprint density at radius 3 is 2.00 bits per heavy atom. The fourth-order valence-electron chi connectivity index (χ4n) is 6.16. The van der Waals surface area contributed by atoms with E-state index in [-0.39, 0.29) is 11.4 Å². The Labute approximate surface area is 137 Å². The predicted molar refractivity (Wildman–Crippen MR) is 84.3 cm³/mol. The molecule has 0 aliphatic heterocycles. The lowest BCUT2D eigenvalue weighted by atomic mass is 9.49. The summed E-state index contributed by atoms with van der Waals surface area (Å²) >= 11 is 0. The molecule has 5 fully saturated rings. The van der Waals surface area contributed by atoms with E-state index >= 15 is 0 Å². The van der Waals surface area contributed by atoms with Gasteiger partial charge in [0.2, 0.25) is 0 Å². The van der Waals surface area contributed by atoms with Crippen molar-refractivity contribution in [2.75, 3.05) is 0 Å². The van der Waals surface area contributed by atoms with Gasteiger partial charge in [0.15, 0.2) is 0 Å². The van der Waals surface area contributed by atoms with Crippen LogP contribution in [0.2, 0.25) is 0 Å². The van der Waals surface area contributed by atoms with Crippen molar-refractivity contribution < 1.29 is 22.5 Å². The average Bonchev–Trinajstić information content (AvgIpc) is 2.45. The minimum Gasteiger partial charge on any atom is -0.460 e. The van der Waals surface area contributed by atoms with Crippen molar-refractivity contribution in [2.45, 2.75) is 75.6 Å². The Morgan fingerprint density at radius 1 is 0.957 bits per heavy atom. The van der Waals surface area contributed by atoms with Gasteiger partial charge in [-0.2, -0.15) is 8.42 Å². The normalized spacial score (nSPS) is 45.9. The van der Waals surface area contributed by atoms with Crippen LogP contribution < -0.4 is 0 Å².